The van der Waals surface area contributed by atoms with Crippen molar-refractivity contribution in [2.45, 2.75) is 12.5 Å². The summed E-state index contributed by atoms with van der Waals surface area (Å²) in [6.45, 7) is 0.967. The number of nitrogens with two attached hydrogens (primary N) is 1. The van der Waals surface area contributed by atoms with Gasteiger partial charge in [-0.05, 0) is 24.3 Å². The molecule has 1 fully saturated rings. The summed E-state index contributed by atoms with van der Waals surface area (Å²) in [6, 6.07) is 7.11. The van der Waals surface area contributed by atoms with E-state index in [0.717, 1.165) is 12.2 Å². The van der Waals surface area contributed by atoms with Crippen LogP contribution in [0.1, 0.15) is 6.42 Å². The maximum absolute atomic E-state index is 10.7. The van der Waals surface area contributed by atoms with Gasteiger partial charge in [0.2, 0.25) is 0 Å². The number of nitrogen functional groups attached to an aromatic ring is 1. The summed E-state index contributed by atoms with van der Waals surface area (Å²) in [5.74, 6) is 0.728. The Kier molecular flexibility index (Phi) is 2.85. The van der Waals surface area contributed by atoms with Crippen molar-refractivity contribution in [2.75, 3.05) is 18.8 Å². The first-order valence-corrected chi connectivity index (χ1v) is 5.15. The molecule has 1 heterocycles. The van der Waals surface area contributed by atoms with Crippen molar-refractivity contribution in [3.63, 3.8) is 0 Å². The molecule has 0 spiro atoms. The van der Waals surface area contributed by atoms with Crippen LogP contribution in [0.4, 0.5) is 10.5 Å². The Bertz CT molecular complexity index is 377. The Morgan fingerprint density at radius 2 is 2.12 bits per heavy atom. The second-order valence-corrected chi connectivity index (χ2v) is 3.83. The van der Waals surface area contributed by atoms with Crippen LogP contribution in [0.3, 0.4) is 0 Å². The molecule has 5 heteroatoms. The fourth-order valence-electron chi connectivity index (χ4n) is 1.74. The van der Waals surface area contributed by atoms with E-state index in [1.165, 1.54) is 4.90 Å². The first-order chi connectivity index (χ1) is 7.65. The lowest BCUT2D eigenvalue weighted by Gasteiger charge is -2.14. The molecule has 1 atom stereocenters. The van der Waals surface area contributed by atoms with E-state index in [-0.39, 0.29) is 6.10 Å². The minimum absolute atomic E-state index is 0.0558. The van der Waals surface area contributed by atoms with E-state index in [1.54, 1.807) is 24.3 Å². The summed E-state index contributed by atoms with van der Waals surface area (Å²) in [5.41, 5.74) is 6.24. The number of anilines is 1. The van der Waals surface area contributed by atoms with Crippen molar-refractivity contribution >= 4 is 11.8 Å². The van der Waals surface area contributed by atoms with E-state index in [2.05, 4.69) is 0 Å². The molecule has 0 radical (unpaired) electrons. The molecule has 0 saturated carbocycles. The van der Waals surface area contributed by atoms with Crippen LogP contribution in [-0.2, 0) is 0 Å². The molecule has 86 valence electrons. The number of hydrogen-bond donors (Lipinski definition) is 2. The van der Waals surface area contributed by atoms with Crippen LogP contribution in [0.2, 0.25) is 0 Å². The molecular weight excluding hydrogens is 208 g/mol. The molecule has 16 heavy (non-hydrogen) atoms. The van der Waals surface area contributed by atoms with E-state index in [1.807, 2.05) is 0 Å². The highest BCUT2D eigenvalue weighted by Crippen LogP contribution is 2.19. The fourth-order valence-corrected chi connectivity index (χ4v) is 1.74. The number of rotatable bonds is 2. The number of nitrogens with zero attached hydrogens (tertiary/aromatic N) is 1. The number of amides is 1. The molecule has 2 rings (SSSR count). The van der Waals surface area contributed by atoms with Gasteiger partial charge < -0.3 is 20.5 Å². The van der Waals surface area contributed by atoms with Gasteiger partial charge >= 0.3 is 6.09 Å². The van der Waals surface area contributed by atoms with Crippen molar-refractivity contribution in [3.8, 4) is 5.75 Å². The highest BCUT2D eigenvalue weighted by Gasteiger charge is 2.27. The molecule has 1 aromatic rings. The minimum atomic E-state index is -0.886. The van der Waals surface area contributed by atoms with Crippen molar-refractivity contribution in [1.29, 1.82) is 0 Å². The molecule has 0 aromatic heterocycles. The topological polar surface area (TPSA) is 75.8 Å². The van der Waals surface area contributed by atoms with Gasteiger partial charge in [0.15, 0.2) is 0 Å². The molecule has 0 unspecified atom stereocenters. The SMILES string of the molecule is Nc1ccc(O[C@@H]2CCN(C(=O)O)C2)cc1. The van der Waals surface area contributed by atoms with Gasteiger partial charge in [0.05, 0.1) is 6.54 Å². The second-order valence-electron chi connectivity index (χ2n) is 3.83. The second kappa shape index (κ2) is 4.30. The quantitative estimate of drug-likeness (QED) is 0.741. The molecule has 1 aromatic carbocycles. The zero-order valence-corrected chi connectivity index (χ0v) is 8.80. The molecule has 1 amide bonds. The minimum Gasteiger partial charge on any atom is -0.489 e. The molecule has 0 bridgehead atoms. The molecular formula is C11H14N2O3. The van der Waals surface area contributed by atoms with Gasteiger partial charge in [-0.15, -0.1) is 0 Å². The normalized spacial score (nSPS) is 19.8. The van der Waals surface area contributed by atoms with Crippen LogP contribution in [0.5, 0.6) is 5.75 Å². The van der Waals surface area contributed by atoms with Crippen molar-refractivity contribution in [1.82, 2.24) is 4.90 Å². The molecule has 0 aliphatic carbocycles. The van der Waals surface area contributed by atoms with Gasteiger partial charge in [0.25, 0.3) is 0 Å². The first kappa shape index (κ1) is 10.6. The number of carboxylic acid groups (broad SMARTS) is 1. The smallest absolute Gasteiger partial charge is 0.407 e. The van der Waals surface area contributed by atoms with Crippen molar-refractivity contribution < 1.29 is 14.6 Å². The van der Waals surface area contributed by atoms with Crippen LogP contribution in [-0.4, -0.2) is 35.3 Å². The van der Waals surface area contributed by atoms with E-state index in [4.69, 9.17) is 15.6 Å². The van der Waals surface area contributed by atoms with E-state index >= 15 is 0 Å². The van der Waals surface area contributed by atoms with E-state index in [9.17, 15) is 4.79 Å². The summed E-state index contributed by atoms with van der Waals surface area (Å²) in [7, 11) is 0. The third-order valence-corrected chi connectivity index (χ3v) is 2.60. The lowest BCUT2D eigenvalue weighted by molar-refractivity contribution is 0.145. The van der Waals surface area contributed by atoms with Gasteiger partial charge in [-0.1, -0.05) is 0 Å². The number of carbonyl (C=O) groups is 1. The van der Waals surface area contributed by atoms with E-state index in [0.29, 0.717) is 18.8 Å². The van der Waals surface area contributed by atoms with E-state index < -0.39 is 6.09 Å². The lowest BCUT2D eigenvalue weighted by atomic mass is 10.3. The van der Waals surface area contributed by atoms with Crippen molar-refractivity contribution in [2.24, 2.45) is 0 Å². The van der Waals surface area contributed by atoms with Crippen LogP contribution in [0, 0.1) is 0 Å². The maximum atomic E-state index is 10.7. The maximum Gasteiger partial charge on any atom is 0.407 e. The average molecular weight is 222 g/mol. The summed E-state index contributed by atoms with van der Waals surface area (Å²) in [5, 5.41) is 8.79. The predicted octanol–water partition coefficient (Wildman–Crippen LogP) is 1.40. The average Bonchev–Trinajstić information content (AvgIpc) is 2.70. The van der Waals surface area contributed by atoms with Gasteiger partial charge in [-0.2, -0.15) is 0 Å². The number of benzene rings is 1. The Labute approximate surface area is 93.4 Å². The number of ether oxygens (including phenoxy) is 1. The first-order valence-electron chi connectivity index (χ1n) is 5.15. The zero-order valence-electron chi connectivity index (χ0n) is 8.80. The third kappa shape index (κ3) is 2.36. The van der Waals surface area contributed by atoms with Gasteiger partial charge in [0, 0.05) is 18.7 Å². The molecule has 1 aliphatic heterocycles. The summed E-state index contributed by atoms with van der Waals surface area (Å²) in [6.07, 6.45) is -0.209. The summed E-state index contributed by atoms with van der Waals surface area (Å²) in [4.78, 5) is 12.1. The molecule has 1 aliphatic rings. The molecule has 1 saturated heterocycles. The Morgan fingerprint density at radius 3 is 2.69 bits per heavy atom. The predicted molar refractivity (Wildman–Crippen MR) is 59.5 cm³/mol. The number of likely N-dealkylation sites (tertiary alicyclic amines) is 1. The monoisotopic (exact) mass is 222 g/mol. The Morgan fingerprint density at radius 1 is 1.44 bits per heavy atom. The van der Waals surface area contributed by atoms with Gasteiger partial charge in [-0.3, -0.25) is 0 Å². The Hall–Kier alpha value is -1.91. The highest BCUT2D eigenvalue weighted by molar-refractivity contribution is 5.65. The summed E-state index contributed by atoms with van der Waals surface area (Å²) < 4.78 is 5.65. The van der Waals surface area contributed by atoms with Crippen molar-refractivity contribution in [3.05, 3.63) is 24.3 Å². The van der Waals surface area contributed by atoms with Crippen LogP contribution in [0.15, 0.2) is 24.3 Å². The summed E-state index contributed by atoms with van der Waals surface area (Å²) >= 11 is 0. The van der Waals surface area contributed by atoms with Gasteiger partial charge in [-0.25, -0.2) is 4.79 Å². The Balaban J connectivity index is 1.92. The molecule has 5 nitrogen and oxygen atoms in total. The largest absolute Gasteiger partial charge is 0.489 e. The fraction of sp³-hybridized carbons (Fsp3) is 0.364. The van der Waals surface area contributed by atoms with Gasteiger partial charge in [0.1, 0.15) is 11.9 Å². The molecule has 3 N–H and O–H groups in total. The lowest BCUT2D eigenvalue weighted by Crippen LogP contribution is -2.29. The third-order valence-electron chi connectivity index (χ3n) is 2.60. The van der Waals surface area contributed by atoms with Crippen LogP contribution in [0.25, 0.3) is 0 Å². The van der Waals surface area contributed by atoms with Crippen LogP contribution >= 0.6 is 0 Å². The van der Waals surface area contributed by atoms with Crippen LogP contribution < -0.4 is 10.5 Å². The highest BCUT2D eigenvalue weighted by atomic mass is 16.5. The zero-order chi connectivity index (χ0) is 11.5. The number of hydrogen-bond acceptors (Lipinski definition) is 3. The standard InChI is InChI=1S/C11H14N2O3/c12-8-1-3-9(4-2-8)16-10-5-6-13(7-10)11(14)15/h1-4,10H,5-7,12H2,(H,14,15)/t10-/m1/s1.